The molecule has 1 aliphatic rings. The predicted octanol–water partition coefficient (Wildman–Crippen LogP) is 7.63. The zero-order chi connectivity index (χ0) is 42.9. The Morgan fingerprint density at radius 2 is 1.23 bits per heavy atom. The van der Waals surface area contributed by atoms with Crippen molar-refractivity contribution in [1.82, 2.24) is 34.8 Å². The monoisotopic (exact) mass is 830 g/mol. The van der Waals surface area contributed by atoms with Gasteiger partial charge in [-0.05, 0) is 55.3 Å². The molecule has 0 saturated heterocycles. The lowest BCUT2D eigenvalue weighted by molar-refractivity contribution is 0.0821. The molecule has 0 radical (unpaired) electrons. The molecule has 0 unspecified atom stereocenters. The Kier molecular flexibility index (Phi) is 10.4. The van der Waals surface area contributed by atoms with Gasteiger partial charge >= 0.3 is 0 Å². The van der Waals surface area contributed by atoms with Gasteiger partial charge in [0.2, 0.25) is 11.8 Å². The highest BCUT2D eigenvalue weighted by Crippen LogP contribution is 2.35. The predicted molar refractivity (Wildman–Crippen MR) is 228 cm³/mol. The van der Waals surface area contributed by atoms with E-state index in [1.807, 2.05) is 54.6 Å². The number of methoxy groups -OCH3 is 2. The summed E-state index contributed by atoms with van der Waals surface area (Å²) < 4.78 is 29.7. The molecule has 17 nitrogen and oxygen atoms in total. The van der Waals surface area contributed by atoms with E-state index in [2.05, 4.69) is 45.4 Å². The van der Waals surface area contributed by atoms with Gasteiger partial charge in [-0.3, -0.25) is 14.6 Å². The number of anilines is 3. The second kappa shape index (κ2) is 16.5. The fraction of sp³-hybridized carbons (Fsp3) is 0.156. The molecule has 4 N–H and O–H groups in total. The molecule has 0 fully saturated rings. The number of rotatable bonds is 11. The first-order valence-electron chi connectivity index (χ1n) is 19.4. The van der Waals surface area contributed by atoms with Crippen LogP contribution in [0.1, 0.15) is 38.1 Å². The molecular formula is C45H38N10O7. The van der Waals surface area contributed by atoms with Crippen molar-refractivity contribution in [3.05, 3.63) is 126 Å². The first-order chi connectivity index (χ1) is 30.2. The molecule has 6 aromatic heterocycles. The average Bonchev–Trinajstić information content (AvgIpc) is 4.03. The van der Waals surface area contributed by atoms with Crippen LogP contribution >= 0.6 is 0 Å². The van der Waals surface area contributed by atoms with E-state index in [-0.39, 0.29) is 22.9 Å². The lowest BCUT2D eigenvalue weighted by Gasteiger charge is -2.17. The highest BCUT2D eigenvalue weighted by atomic mass is 16.5. The number of hydrogen-bond acceptors (Lipinski definition) is 14. The van der Waals surface area contributed by atoms with Gasteiger partial charge in [-0.2, -0.15) is 0 Å². The summed E-state index contributed by atoms with van der Waals surface area (Å²) in [6.07, 6.45) is 4.97. The van der Waals surface area contributed by atoms with E-state index in [0.29, 0.717) is 87.8 Å². The number of nitrogens with two attached hydrogens (primary N) is 1. The van der Waals surface area contributed by atoms with Gasteiger partial charge in [-0.25, -0.2) is 15.0 Å². The first-order valence-corrected chi connectivity index (χ1v) is 19.4. The number of pyridine rings is 3. The maximum absolute atomic E-state index is 13.8. The number of carbonyl (C=O) groups is 2. The number of amides is 2. The summed E-state index contributed by atoms with van der Waals surface area (Å²) in [6, 6.07) is 23.8. The Hall–Kier alpha value is -8.18. The summed E-state index contributed by atoms with van der Waals surface area (Å²) in [6.45, 7) is 5.05. The number of ether oxygens (including phenoxy) is 3. The molecule has 0 bridgehead atoms. The van der Waals surface area contributed by atoms with E-state index in [9.17, 15) is 9.59 Å². The molecule has 0 saturated carbocycles. The molecule has 0 atom stereocenters. The van der Waals surface area contributed by atoms with Crippen molar-refractivity contribution in [2.45, 2.75) is 27.0 Å². The van der Waals surface area contributed by atoms with Crippen molar-refractivity contribution >= 4 is 28.9 Å². The smallest absolute Gasteiger partial charge is 0.261 e. The van der Waals surface area contributed by atoms with Crippen LogP contribution in [-0.2, 0) is 17.9 Å². The van der Waals surface area contributed by atoms with E-state index in [1.165, 1.54) is 14.2 Å². The Morgan fingerprint density at radius 3 is 1.77 bits per heavy atom. The van der Waals surface area contributed by atoms with Gasteiger partial charge in [0.15, 0.2) is 0 Å². The van der Waals surface area contributed by atoms with Gasteiger partial charge < -0.3 is 44.2 Å². The highest BCUT2D eigenvalue weighted by molar-refractivity contribution is 6.10. The van der Waals surface area contributed by atoms with Gasteiger partial charge in [0.05, 0.1) is 44.1 Å². The fourth-order valence-corrected chi connectivity index (χ4v) is 7.28. The quantitative estimate of drug-likeness (QED) is 0.114. The molecule has 0 spiro atoms. The molecule has 17 heteroatoms. The molecular weight excluding hydrogens is 793 g/mol. The largest absolute Gasteiger partial charge is 0.479 e. The van der Waals surface area contributed by atoms with Crippen molar-refractivity contribution < 1.29 is 32.8 Å². The van der Waals surface area contributed by atoms with Crippen LogP contribution in [0.15, 0.2) is 106 Å². The third kappa shape index (κ3) is 7.36. The van der Waals surface area contributed by atoms with E-state index in [1.54, 1.807) is 56.7 Å². The third-order valence-corrected chi connectivity index (χ3v) is 10.5. The molecule has 62 heavy (non-hydrogen) atoms. The van der Waals surface area contributed by atoms with Crippen molar-refractivity contribution in [1.29, 1.82) is 0 Å². The second-order valence-corrected chi connectivity index (χ2v) is 14.2. The topological polar surface area (TPSA) is 220 Å². The molecule has 0 aliphatic carbocycles. The van der Waals surface area contributed by atoms with E-state index in [0.717, 1.165) is 22.6 Å². The number of hydrogen-bond donors (Lipinski definition) is 3. The number of aromatic nitrogens is 7. The van der Waals surface area contributed by atoms with Crippen LogP contribution < -0.4 is 25.8 Å². The van der Waals surface area contributed by atoms with Gasteiger partial charge in [0.25, 0.3) is 11.8 Å². The van der Waals surface area contributed by atoms with Crippen LogP contribution in [0.5, 0.6) is 11.8 Å². The Bertz CT molecular complexity index is 2970. The minimum absolute atomic E-state index is 0.198. The Labute approximate surface area is 353 Å². The lowest BCUT2D eigenvalue weighted by atomic mass is 9.98. The minimum atomic E-state index is -0.447. The first kappa shape index (κ1) is 39.3. The van der Waals surface area contributed by atoms with Crippen LogP contribution in [0, 0.1) is 13.8 Å². The number of nitrogens with zero attached hydrogens (tertiary/aromatic N) is 7. The number of fused-ring (bicyclic) bond motifs is 1. The number of nitrogens with one attached hydrogen (secondary N) is 2. The maximum Gasteiger partial charge on any atom is 0.261 e. The van der Waals surface area contributed by atoms with Crippen molar-refractivity contribution in [3.8, 4) is 68.0 Å². The standard InChI is InChI=1S/C45H38N10O7/c1-24-38(42(56)49-34-15-13-32(51-44(34)58-3)30-21-47-18-17-31(30)46)40(53-61-24)28-9-5-26(6-10-28)27-7-11-29(12-8-27)41-39(25(2)62-54-41)43(57)50-35-16-14-33(52-45(35)59-4)36-22-48-37-23-60-20-19-55(36)37/h5-18,21-22H,19-20,23H2,1-4H3,(H2,46,47)(H,49,56)(H,50,57). The summed E-state index contributed by atoms with van der Waals surface area (Å²) in [4.78, 5) is 45.3. The van der Waals surface area contributed by atoms with Crippen LogP contribution in [0.3, 0.4) is 0 Å². The summed E-state index contributed by atoms with van der Waals surface area (Å²) in [5, 5.41) is 14.3. The fourth-order valence-electron chi connectivity index (χ4n) is 7.28. The molecule has 7 heterocycles. The number of aryl methyl sites for hydroxylation is 2. The van der Waals surface area contributed by atoms with Gasteiger partial charge in [-0.1, -0.05) is 58.8 Å². The molecule has 1 aliphatic heterocycles. The minimum Gasteiger partial charge on any atom is -0.479 e. The zero-order valence-electron chi connectivity index (χ0n) is 33.9. The third-order valence-electron chi connectivity index (χ3n) is 10.5. The van der Waals surface area contributed by atoms with Gasteiger partial charge in [-0.15, -0.1) is 0 Å². The van der Waals surface area contributed by atoms with Crippen molar-refractivity contribution in [3.63, 3.8) is 0 Å². The number of carbonyl (C=O) groups excluding carboxylic acids is 2. The molecule has 2 aromatic carbocycles. The van der Waals surface area contributed by atoms with Crippen LogP contribution in [0.2, 0.25) is 0 Å². The van der Waals surface area contributed by atoms with Crippen molar-refractivity contribution in [2.24, 2.45) is 0 Å². The number of imidazole rings is 1. The normalized spacial score (nSPS) is 12.1. The van der Waals surface area contributed by atoms with Crippen LogP contribution in [0.4, 0.5) is 17.1 Å². The number of nitrogen functional groups attached to an aromatic ring is 1. The molecule has 9 rings (SSSR count). The Morgan fingerprint density at radius 1 is 0.694 bits per heavy atom. The average molecular weight is 831 g/mol. The van der Waals surface area contributed by atoms with Crippen LogP contribution in [-0.4, -0.2) is 67.5 Å². The van der Waals surface area contributed by atoms with Gasteiger partial charge in [0.1, 0.15) is 57.8 Å². The van der Waals surface area contributed by atoms with E-state index in [4.69, 9.17) is 29.0 Å². The Balaban J connectivity index is 0.901. The summed E-state index contributed by atoms with van der Waals surface area (Å²) >= 11 is 0. The van der Waals surface area contributed by atoms with Gasteiger partial charge in [0, 0.05) is 41.3 Å². The summed E-state index contributed by atoms with van der Waals surface area (Å²) in [7, 11) is 2.96. The highest BCUT2D eigenvalue weighted by Gasteiger charge is 2.26. The SMILES string of the molecule is COc1nc(-c2cnccc2N)ccc1NC(=O)c1c(-c2ccc(-c3ccc(-c4noc(C)c4C(=O)Nc4ccc(-c5cnc6n5CCOC6)nc4OC)cc3)cc2)noc1C. The molecule has 310 valence electrons. The van der Waals surface area contributed by atoms with Crippen LogP contribution in [0.25, 0.3) is 56.3 Å². The summed E-state index contributed by atoms with van der Waals surface area (Å²) in [5.74, 6) is 1.09. The molecule has 8 aromatic rings. The van der Waals surface area contributed by atoms with E-state index >= 15 is 0 Å². The number of benzene rings is 2. The van der Waals surface area contributed by atoms with E-state index < -0.39 is 11.8 Å². The second-order valence-electron chi connectivity index (χ2n) is 14.2. The van der Waals surface area contributed by atoms with Crippen molar-refractivity contribution in [2.75, 3.05) is 37.2 Å². The zero-order valence-corrected chi connectivity index (χ0v) is 33.9. The maximum atomic E-state index is 13.8. The molecule has 2 amide bonds. The lowest BCUT2D eigenvalue weighted by Crippen LogP contribution is -2.18. The summed E-state index contributed by atoms with van der Waals surface area (Å²) in [5.41, 5.74) is 14.5.